The second kappa shape index (κ2) is 11.9. The third-order valence-electron chi connectivity index (χ3n) is 7.48. The molecule has 4 aliphatic rings. The predicted molar refractivity (Wildman–Crippen MR) is 164 cm³/mol. The van der Waals surface area contributed by atoms with Crippen LogP contribution in [-0.2, 0) is 38.0 Å². The summed E-state index contributed by atoms with van der Waals surface area (Å²) in [5.41, 5.74) is 5.10. The van der Waals surface area contributed by atoms with E-state index < -0.39 is 29.2 Å². The number of nitrogens with one attached hydrogen (secondary N) is 2. The van der Waals surface area contributed by atoms with E-state index in [1.165, 1.54) is 11.1 Å². The van der Waals surface area contributed by atoms with Crippen LogP contribution in [0.1, 0.15) is 33.4 Å². The van der Waals surface area contributed by atoms with Gasteiger partial charge in [-0.2, -0.15) is 26.3 Å². The Kier molecular flexibility index (Phi) is 8.42. The van der Waals surface area contributed by atoms with E-state index in [9.17, 15) is 26.3 Å². The first-order valence-electron chi connectivity index (χ1n) is 13.6. The summed E-state index contributed by atoms with van der Waals surface area (Å²) in [6, 6.07) is 22.2. The molecule has 43 heavy (non-hydrogen) atoms. The number of halogens is 6. The Labute approximate surface area is 251 Å². The van der Waals surface area contributed by atoms with Crippen LogP contribution in [0.25, 0.3) is 11.1 Å². The molecule has 0 heterocycles. The van der Waals surface area contributed by atoms with E-state index in [1.807, 2.05) is 38.4 Å². The Bertz CT molecular complexity index is 1630. The zero-order valence-electron chi connectivity index (χ0n) is 23.5. The molecule has 8 rings (SSSR count). The van der Waals surface area contributed by atoms with Crippen LogP contribution < -0.4 is 15.5 Å². The number of anilines is 3. The van der Waals surface area contributed by atoms with Gasteiger partial charge in [-0.25, -0.2) is 0 Å². The minimum absolute atomic E-state index is 0.0879. The lowest BCUT2D eigenvalue weighted by Crippen LogP contribution is -2.21. The molecule has 0 atom stereocenters. The Morgan fingerprint density at radius 1 is 0.674 bits per heavy atom. The van der Waals surface area contributed by atoms with E-state index in [1.54, 1.807) is 0 Å². The summed E-state index contributed by atoms with van der Waals surface area (Å²) in [5.74, 6) is 0. The Hall–Kier alpha value is -4.05. The highest BCUT2D eigenvalue weighted by Crippen LogP contribution is 2.38. The van der Waals surface area contributed by atoms with Crippen LogP contribution in [0, 0.1) is 0 Å². The minimum Gasteiger partial charge on any atom is -0.378 e. The predicted octanol–water partition coefficient (Wildman–Crippen LogP) is 9.15. The number of benzene rings is 4. The molecule has 224 valence electrons. The van der Waals surface area contributed by atoms with E-state index in [0.29, 0.717) is 30.7 Å². The van der Waals surface area contributed by atoms with E-state index in [0.717, 1.165) is 40.8 Å². The van der Waals surface area contributed by atoms with Crippen molar-refractivity contribution in [2.75, 3.05) is 29.6 Å². The SMILES string of the molecule is CN(C)c1cccc(-c2cc3ccc2CCc2ccc(cc2NC(=S)Nc2cc(C(F)(F)F)cc(C(F)(F)F)c2)CC3)c1. The third-order valence-corrected chi connectivity index (χ3v) is 7.69. The molecule has 0 aliphatic heterocycles. The maximum Gasteiger partial charge on any atom is 0.416 e. The molecule has 0 amide bonds. The number of nitrogens with zero attached hydrogens (tertiary/aromatic N) is 1. The first-order valence-corrected chi connectivity index (χ1v) is 14.1. The fourth-order valence-corrected chi connectivity index (χ4v) is 5.43. The molecule has 4 bridgehead atoms. The second-order valence-corrected chi connectivity index (χ2v) is 11.2. The van der Waals surface area contributed by atoms with Gasteiger partial charge in [-0.05, 0) is 108 Å². The highest BCUT2D eigenvalue weighted by atomic mass is 32.1. The lowest BCUT2D eigenvalue weighted by Gasteiger charge is -2.20. The number of thiocarbonyl (C=S) groups is 1. The Balaban J connectivity index is 1.41. The molecule has 2 N–H and O–H groups in total. The monoisotopic (exact) mass is 613 g/mol. The van der Waals surface area contributed by atoms with Crippen molar-refractivity contribution in [1.29, 1.82) is 0 Å². The zero-order chi connectivity index (χ0) is 30.9. The standard InChI is InChI=1S/C33H29F6N3S/c1-42(2)28-5-3-4-24(16-28)29-14-20-6-7-21-9-11-23(13-12-22(29)10-8-20)30(15-21)41-31(43)40-27-18-25(32(34,35)36)17-26(19-27)33(37,38)39/h3-5,8-11,14-19H,6-7,12-13H2,1-2H3,(H2,40,41,43). The molecule has 0 radical (unpaired) electrons. The molecule has 4 aromatic carbocycles. The lowest BCUT2D eigenvalue weighted by atomic mass is 9.90. The van der Waals surface area contributed by atoms with Gasteiger partial charge in [0, 0.05) is 31.2 Å². The van der Waals surface area contributed by atoms with E-state index >= 15 is 0 Å². The smallest absolute Gasteiger partial charge is 0.378 e. The van der Waals surface area contributed by atoms with Crippen LogP contribution in [0.5, 0.6) is 0 Å². The summed E-state index contributed by atoms with van der Waals surface area (Å²) < 4.78 is 80.0. The molecule has 0 saturated heterocycles. The molecule has 0 aromatic heterocycles. The summed E-state index contributed by atoms with van der Waals surface area (Å²) in [6.45, 7) is 0. The van der Waals surface area contributed by atoms with Crippen molar-refractivity contribution in [3.8, 4) is 11.1 Å². The number of hydrogen-bond acceptors (Lipinski definition) is 2. The van der Waals surface area contributed by atoms with Gasteiger partial charge in [0.25, 0.3) is 0 Å². The highest BCUT2D eigenvalue weighted by Gasteiger charge is 2.37. The van der Waals surface area contributed by atoms with Crippen LogP contribution >= 0.6 is 12.2 Å². The normalized spacial score (nSPS) is 13.3. The van der Waals surface area contributed by atoms with Crippen LogP contribution in [0.4, 0.5) is 43.4 Å². The van der Waals surface area contributed by atoms with Gasteiger partial charge >= 0.3 is 12.4 Å². The summed E-state index contributed by atoms with van der Waals surface area (Å²) in [7, 11) is 4.00. The first kappa shape index (κ1) is 30.4. The summed E-state index contributed by atoms with van der Waals surface area (Å²) in [4.78, 5) is 2.06. The number of hydrogen-bond donors (Lipinski definition) is 2. The maximum absolute atomic E-state index is 13.3. The molecule has 0 saturated carbocycles. The Morgan fingerprint density at radius 2 is 1.28 bits per heavy atom. The van der Waals surface area contributed by atoms with Crippen molar-refractivity contribution < 1.29 is 26.3 Å². The van der Waals surface area contributed by atoms with Gasteiger partial charge < -0.3 is 15.5 Å². The number of aryl methyl sites for hydroxylation is 4. The minimum atomic E-state index is -4.95. The zero-order valence-corrected chi connectivity index (χ0v) is 24.3. The highest BCUT2D eigenvalue weighted by molar-refractivity contribution is 7.80. The molecule has 3 nitrogen and oxygen atoms in total. The van der Waals surface area contributed by atoms with E-state index in [4.69, 9.17) is 12.2 Å². The van der Waals surface area contributed by atoms with Crippen LogP contribution in [-0.4, -0.2) is 19.2 Å². The maximum atomic E-state index is 13.3. The summed E-state index contributed by atoms with van der Waals surface area (Å²) >= 11 is 5.36. The molecular formula is C33H29F6N3S. The summed E-state index contributed by atoms with van der Waals surface area (Å²) in [6.07, 6.45) is -7.06. The van der Waals surface area contributed by atoms with Crippen molar-refractivity contribution in [1.82, 2.24) is 0 Å². The van der Waals surface area contributed by atoms with Gasteiger partial charge in [0.15, 0.2) is 5.11 Å². The van der Waals surface area contributed by atoms with Gasteiger partial charge in [-0.3, -0.25) is 0 Å². The first-order chi connectivity index (χ1) is 20.3. The quantitative estimate of drug-likeness (QED) is 0.177. The van der Waals surface area contributed by atoms with Crippen molar-refractivity contribution in [2.45, 2.75) is 38.0 Å². The van der Waals surface area contributed by atoms with Crippen LogP contribution in [0.15, 0.2) is 78.9 Å². The van der Waals surface area contributed by atoms with Gasteiger partial charge in [0.2, 0.25) is 0 Å². The number of rotatable bonds is 4. The Morgan fingerprint density at radius 3 is 1.91 bits per heavy atom. The van der Waals surface area contributed by atoms with E-state index in [-0.39, 0.29) is 11.2 Å². The van der Waals surface area contributed by atoms with Crippen LogP contribution in [0.2, 0.25) is 0 Å². The summed E-state index contributed by atoms with van der Waals surface area (Å²) in [5, 5.41) is 5.45. The number of alkyl halides is 6. The topological polar surface area (TPSA) is 27.3 Å². The second-order valence-electron chi connectivity index (χ2n) is 10.8. The van der Waals surface area contributed by atoms with Crippen LogP contribution in [0.3, 0.4) is 0 Å². The molecular weight excluding hydrogens is 584 g/mol. The van der Waals surface area contributed by atoms with Gasteiger partial charge in [-0.1, -0.05) is 42.5 Å². The molecule has 4 aromatic rings. The van der Waals surface area contributed by atoms with Crippen molar-refractivity contribution in [3.63, 3.8) is 0 Å². The van der Waals surface area contributed by atoms with Gasteiger partial charge in [0.1, 0.15) is 0 Å². The molecule has 0 spiro atoms. The largest absolute Gasteiger partial charge is 0.416 e. The molecule has 0 unspecified atom stereocenters. The van der Waals surface area contributed by atoms with Crippen molar-refractivity contribution in [3.05, 3.63) is 112 Å². The van der Waals surface area contributed by atoms with E-state index in [2.05, 4.69) is 51.9 Å². The fraction of sp³-hybridized carbons (Fsp3) is 0.242. The lowest BCUT2D eigenvalue weighted by molar-refractivity contribution is -0.143. The van der Waals surface area contributed by atoms with Crippen molar-refractivity contribution in [2.24, 2.45) is 0 Å². The average molecular weight is 614 g/mol. The van der Waals surface area contributed by atoms with Gasteiger partial charge in [-0.15, -0.1) is 0 Å². The van der Waals surface area contributed by atoms with Gasteiger partial charge in [0.05, 0.1) is 11.1 Å². The average Bonchev–Trinajstić information content (AvgIpc) is 2.93. The van der Waals surface area contributed by atoms with Crippen molar-refractivity contribution >= 4 is 34.4 Å². The molecule has 4 aliphatic carbocycles. The molecule has 10 heteroatoms. The fourth-order valence-electron chi connectivity index (χ4n) is 5.20. The molecule has 0 fully saturated rings. The third kappa shape index (κ3) is 7.30.